The van der Waals surface area contributed by atoms with Crippen LogP contribution < -0.4 is 4.57 Å². The number of hydrogen-bond donors (Lipinski definition) is 1. The summed E-state index contributed by atoms with van der Waals surface area (Å²) >= 11 is 0. The number of rotatable bonds is 2. The molecule has 0 saturated heterocycles. The molecule has 0 unspecified atom stereocenters. The van der Waals surface area contributed by atoms with Crippen molar-refractivity contribution >= 4 is 31.9 Å². The van der Waals surface area contributed by atoms with Gasteiger partial charge in [-0.3, -0.25) is 8.74 Å². The molecule has 4 aromatic rings. The first-order valence-corrected chi connectivity index (χ1v) is 9.65. The molecule has 27 heavy (non-hydrogen) atoms. The Hall–Kier alpha value is -2.80. The van der Waals surface area contributed by atoms with Crippen molar-refractivity contribution in [2.45, 2.75) is 0 Å². The van der Waals surface area contributed by atoms with Crippen LogP contribution in [-0.2, 0) is 21.6 Å². The van der Waals surface area contributed by atoms with Gasteiger partial charge in [-0.1, -0.05) is 54.6 Å². The van der Waals surface area contributed by atoms with Gasteiger partial charge in [-0.25, -0.2) is 4.57 Å². The van der Waals surface area contributed by atoms with Crippen molar-refractivity contribution in [1.82, 2.24) is 0 Å². The summed E-state index contributed by atoms with van der Waals surface area (Å²) in [5.41, 5.74) is 2.57. The van der Waals surface area contributed by atoms with Gasteiger partial charge in [0.05, 0.1) is 12.5 Å². The van der Waals surface area contributed by atoms with Gasteiger partial charge in [0.25, 0.3) is 0 Å². The lowest BCUT2D eigenvalue weighted by Crippen LogP contribution is -2.25. The fourth-order valence-electron chi connectivity index (χ4n) is 3.00. The highest BCUT2D eigenvalue weighted by Crippen LogP contribution is 2.33. The fraction of sp³-hybridized carbons (Fsp3) is 0.0952. The Kier molecular flexibility index (Phi) is 5.51. The van der Waals surface area contributed by atoms with Crippen molar-refractivity contribution in [3.05, 3.63) is 79.1 Å². The Labute approximate surface area is 158 Å². The molecule has 1 N–H and O–H groups in total. The number of hydrogen-bond acceptors (Lipinski definition) is 3. The van der Waals surface area contributed by atoms with Gasteiger partial charge in [0.2, 0.25) is 0 Å². The van der Waals surface area contributed by atoms with Gasteiger partial charge >= 0.3 is 10.4 Å². The summed E-state index contributed by atoms with van der Waals surface area (Å²) in [7, 11) is -1.22. The number of aromatic nitrogens is 1. The van der Waals surface area contributed by atoms with Crippen molar-refractivity contribution in [3.8, 4) is 11.1 Å². The van der Waals surface area contributed by atoms with Gasteiger partial charge in [0.15, 0.2) is 12.4 Å². The van der Waals surface area contributed by atoms with Crippen LogP contribution in [0.4, 0.5) is 0 Å². The zero-order chi connectivity index (χ0) is 19.4. The number of benzene rings is 3. The molecule has 3 aromatic carbocycles. The molecule has 1 heterocycles. The van der Waals surface area contributed by atoms with Crippen LogP contribution >= 0.6 is 0 Å². The fourth-order valence-corrected chi connectivity index (χ4v) is 3.00. The lowest BCUT2D eigenvalue weighted by atomic mass is 9.94. The van der Waals surface area contributed by atoms with Crippen LogP contribution in [0.2, 0.25) is 0 Å². The number of aryl methyl sites for hydroxylation is 1. The summed E-state index contributed by atoms with van der Waals surface area (Å²) in [5, 5.41) is 5.20. The predicted molar refractivity (Wildman–Crippen MR) is 107 cm³/mol. The van der Waals surface area contributed by atoms with E-state index in [0.29, 0.717) is 0 Å². The summed E-state index contributed by atoms with van der Waals surface area (Å²) in [5.74, 6) is 0. The first-order valence-electron chi connectivity index (χ1n) is 8.28. The molecule has 0 spiro atoms. The molecule has 0 aliphatic carbocycles. The minimum atomic E-state index is -4.16. The topological polar surface area (TPSA) is 67.5 Å². The zero-order valence-corrected chi connectivity index (χ0v) is 15.8. The van der Waals surface area contributed by atoms with E-state index in [9.17, 15) is 8.42 Å². The first kappa shape index (κ1) is 19.0. The van der Waals surface area contributed by atoms with Crippen molar-refractivity contribution in [2.24, 2.45) is 7.05 Å². The van der Waals surface area contributed by atoms with Gasteiger partial charge in [0.1, 0.15) is 7.05 Å². The monoisotopic (exact) mass is 382 g/mol. The highest BCUT2D eigenvalue weighted by Gasteiger charge is 2.10. The smallest absolute Gasteiger partial charge is 0.264 e. The van der Waals surface area contributed by atoms with Crippen LogP contribution in [0.15, 0.2) is 79.1 Å². The van der Waals surface area contributed by atoms with Gasteiger partial charge < -0.3 is 0 Å². The quantitative estimate of drug-likeness (QED) is 0.324. The van der Waals surface area contributed by atoms with Gasteiger partial charge in [-0.2, -0.15) is 8.42 Å². The maximum absolute atomic E-state index is 9.33. The van der Waals surface area contributed by atoms with E-state index in [1.165, 1.54) is 32.7 Å². The van der Waals surface area contributed by atoms with E-state index in [1.807, 2.05) is 0 Å². The van der Waals surface area contributed by atoms with E-state index in [-0.39, 0.29) is 0 Å². The van der Waals surface area contributed by atoms with Crippen LogP contribution in [-0.4, -0.2) is 20.1 Å². The predicted octanol–water partition coefficient (Wildman–Crippen LogP) is 3.92. The van der Waals surface area contributed by atoms with Gasteiger partial charge in [-0.15, -0.1) is 0 Å². The minimum Gasteiger partial charge on any atom is -0.264 e. The second kappa shape index (κ2) is 7.84. The molecule has 0 amide bonds. The van der Waals surface area contributed by atoms with Crippen molar-refractivity contribution in [1.29, 1.82) is 0 Å². The Balaban J connectivity index is 0.000000307. The van der Waals surface area contributed by atoms with Crippen LogP contribution in [0.3, 0.4) is 0 Å². The highest BCUT2D eigenvalue weighted by atomic mass is 32.3. The molecule has 0 bridgehead atoms. The summed E-state index contributed by atoms with van der Waals surface area (Å²) in [6.07, 6.45) is 4.30. The summed E-state index contributed by atoms with van der Waals surface area (Å²) < 4.78 is 31.8. The summed E-state index contributed by atoms with van der Waals surface area (Å²) in [6, 6.07) is 23.8. The van der Waals surface area contributed by atoms with Crippen LogP contribution in [0.25, 0.3) is 32.7 Å². The van der Waals surface area contributed by atoms with Crippen molar-refractivity contribution in [3.63, 3.8) is 0 Å². The van der Waals surface area contributed by atoms with E-state index >= 15 is 0 Å². The van der Waals surface area contributed by atoms with E-state index in [2.05, 4.69) is 94.9 Å². The molecular formula is C21H20NO4S+. The van der Waals surface area contributed by atoms with Gasteiger partial charge in [-0.05, 0) is 33.4 Å². The molecule has 0 aliphatic rings. The molecule has 138 valence electrons. The summed E-state index contributed by atoms with van der Waals surface area (Å²) in [6.45, 7) is 0. The van der Waals surface area contributed by atoms with E-state index in [4.69, 9.17) is 4.55 Å². The standard InChI is InChI=1S/C20H16N.CH4O4S/c1-21-12-11-16-13-19(15-7-3-2-4-8-15)17-9-5-6-10-18(17)20(16)14-21;1-5-6(2,3)4/h2-14H,1H3;1H3,(H,2,3,4)/q+1;. The third-order valence-corrected chi connectivity index (χ3v) is 4.66. The summed E-state index contributed by atoms with van der Waals surface area (Å²) in [4.78, 5) is 0. The Bertz CT molecular complexity index is 1190. The molecule has 0 aliphatic heterocycles. The normalized spacial score (nSPS) is 11.2. The number of nitrogens with zero attached hydrogens (tertiary/aromatic N) is 1. The SMILES string of the molecule is COS(=O)(=O)O.C[n+]1ccc2cc(-c3ccccc3)c3ccccc3c2c1. The molecule has 0 saturated carbocycles. The van der Waals surface area contributed by atoms with Crippen molar-refractivity contribution < 1.29 is 21.7 Å². The maximum atomic E-state index is 9.33. The lowest BCUT2D eigenvalue weighted by molar-refractivity contribution is -0.670. The lowest BCUT2D eigenvalue weighted by Gasteiger charge is -2.10. The molecule has 0 fully saturated rings. The molecule has 4 rings (SSSR count). The maximum Gasteiger partial charge on any atom is 0.397 e. The van der Waals surface area contributed by atoms with E-state index < -0.39 is 10.4 Å². The minimum absolute atomic E-state index is 0.870. The third-order valence-electron chi connectivity index (χ3n) is 4.24. The molecule has 5 nitrogen and oxygen atoms in total. The second-order valence-corrected chi connectivity index (χ2v) is 7.23. The Morgan fingerprint density at radius 3 is 2.11 bits per heavy atom. The average Bonchev–Trinajstić information content (AvgIpc) is 2.68. The molecule has 6 heteroatoms. The Morgan fingerprint density at radius 2 is 1.48 bits per heavy atom. The molecule has 0 atom stereocenters. The van der Waals surface area contributed by atoms with Gasteiger partial charge in [0, 0.05) is 6.07 Å². The first-order chi connectivity index (χ1) is 12.9. The molecule has 1 aromatic heterocycles. The van der Waals surface area contributed by atoms with Crippen LogP contribution in [0, 0.1) is 0 Å². The second-order valence-electron chi connectivity index (χ2n) is 6.04. The van der Waals surface area contributed by atoms with Crippen LogP contribution in [0.5, 0.6) is 0 Å². The largest absolute Gasteiger partial charge is 0.397 e. The Morgan fingerprint density at radius 1 is 0.889 bits per heavy atom. The van der Waals surface area contributed by atoms with E-state index in [1.54, 1.807) is 0 Å². The number of pyridine rings is 1. The van der Waals surface area contributed by atoms with Crippen molar-refractivity contribution in [2.75, 3.05) is 7.11 Å². The van der Waals surface area contributed by atoms with Crippen LogP contribution in [0.1, 0.15) is 0 Å². The van der Waals surface area contributed by atoms with E-state index in [0.717, 1.165) is 7.11 Å². The number of fused-ring (bicyclic) bond motifs is 3. The molecular weight excluding hydrogens is 362 g/mol. The third kappa shape index (κ3) is 4.49. The molecule has 0 radical (unpaired) electrons. The highest BCUT2D eigenvalue weighted by molar-refractivity contribution is 7.80. The zero-order valence-electron chi connectivity index (χ0n) is 15.0. The average molecular weight is 382 g/mol.